The molecule has 1 heterocycles. The van der Waals surface area contributed by atoms with E-state index in [1.165, 1.54) is 5.56 Å². The van der Waals surface area contributed by atoms with Crippen molar-refractivity contribution >= 4 is 17.6 Å². The Morgan fingerprint density at radius 3 is 2.74 bits per heavy atom. The first-order valence-corrected chi connectivity index (χ1v) is 9.17. The van der Waals surface area contributed by atoms with Gasteiger partial charge in [-0.3, -0.25) is 9.79 Å². The lowest BCUT2D eigenvalue weighted by Gasteiger charge is -2.16. The van der Waals surface area contributed by atoms with Crippen molar-refractivity contribution in [3.8, 4) is 5.75 Å². The number of para-hydroxylation sites is 2. The van der Waals surface area contributed by atoms with E-state index in [0.717, 1.165) is 25.2 Å². The maximum absolute atomic E-state index is 12.2. The van der Waals surface area contributed by atoms with E-state index in [0.29, 0.717) is 24.7 Å². The normalized spacial score (nSPS) is 17.2. The van der Waals surface area contributed by atoms with Crippen LogP contribution in [-0.2, 0) is 11.2 Å². The van der Waals surface area contributed by atoms with Gasteiger partial charge in [0, 0.05) is 32.0 Å². The summed E-state index contributed by atoms with van der Waals surface area (Å²) in [5.41, 5.74) is 8.01. The van der Waals surface area contributed by atoms with Crippen molar-refractivity contribution in [1.29, 1.82) is 0 Å². The number of carbonyl (C=O) groups is 1. The van der Waals surface area contributed by atoms with Gasteiger partial charge in [0.25, 0.3) is 0 Å². The Labute approximate surface area is 160 Å². The van der Waals surface area contributed by atoms with Crippen LogP contribution in [0.2, 0.25) is 0 Å². The van der Waals surface area contributed by atoms with Crippen molar-refractivity contribution in [3.05, 3.63) is 60.2 Å². The summed E-state index contributed by atoms with van der Waals surface area (Å²) in [4.78, 5) is 18.6. The molecule has 1 atom stereocenters. The van der Waals surface area contributed by atoms with Crippen molar-refractivity contribution in [2.75, 3.05) is 32.1 Å². The fourth-order valence-corrected chi connectivity index (χ4v) is 3.25. The first-order valence-electron chi connectivity index (χ1n) is 9.17. The molecule has 6 heteroatoms. The average Bonchev–Trinajstić information content (AvgIpc) is 3.05. The number of rotatable bonds is 7. The number of amides is 1. The third-order valence-corrected chi connectivity index (χ3v) is 4.70. The molecule has 0 radical (unpaired) electrons. The van der Waals surface area contributed by atoms with Crippen molar-refractivity contribution < 1.29 is 9.53 Å². The molecule has 0 saturated carbocycles. The van der Waals surface area contributed by atoms with E-state index in [4.69, 9.17) is 10.5 Å². The van der Waals surface area contributed by atoms with Crippen LogP contribution in [0.3, 0.4) is 0 Å². The number of hydrogen-bond donors (Lipinski definition) is 2. The third kappa shape index (κ3) is 5.23. The van der Waals surface area contributed by atoms with Gasteiger partial charge in [-0.2, -0.15) is 0 Å². The van der Waals surface area contributed by atoms with Gasteiger partial charge in [0.1, 0.15) is 5.75 Å². The Morgan fingerprint density at radius 1 is 1.22 bits per heavy atom. The second kappa shape index (κ2) is 9.07. The summed E-state index contributed by atoms with van der Waals surface area (Å²) in [6.07, 6.45) is 1.40. The van der Waals surface area contributed by atoms with E-state index in [2.05, 4.69) is 22.4 Å². The lowest BCUT2D eigenvalue weighted by Crippen LogP contribution is -2.28. The largest absolute Gasteiger partial charge is 0.495 e. The highest BCUT2D eigenvalue weighted by Crippen LogP contribution is 2.23. The SMILES string of the molecule is COc1ccccc1NC(N)=NCC1CC(=O)N(CCc2ccccc2)C1. The zero-order valence-corrected chi connectivity index (χ0v) is 15.6. The molecule has 0 spiro atoms. The van der Waals surface area contributed by atoms with Gasteiger partial charge in [-0.25, -0.2) is 0 Å². The maximum Gasteiger partial charge on any atom is 0.223 e. The minimum Gasteiger partial charge on any atom is -0.495 e. The Balaban J connectivity index is 1.49. The van der Waals surface area contributed by atoms with Crippen LogP contribution < -0.4 is 15.8 Å². The first kappa shape index (κ1) is 18.8. The van der Waals surface area contributed by atoms with Crippen LogP contribution in [-0.4, -0.2) is 43.5 Å². The number of anilines is 1. The molecule has 0 aromatic heterocycles. The van der Waals surface area contributed by atoms with E-state index in [1.807, 2.05) is 47.4 Å². The van der Waals surface area contributed by atoms with Crippen molar-refractivity contribution in [1.82, 2.24) is 4.90 Å². The number of hydrogen-bond acceptors (Lipinski definition) is 3. The second-order valence-corrected chi connectivity index (χ2v) is 6.70. The minimum absolute atomic E-state index is 0.197. The molecule has 1 aliphatic heterocycles. The van der Waals surface area contributed by atoms with Crippen LogP contribution in [0.25, 0.3) is 0 Å². The zero-order valence-electron chi connectivity index (χ0n) is 15.6. The summed E-state index contributed by atoms with van der Waals surface area (Å²) >= 11 is 0. The number of guanidine groups is 1. The minimum atomic E-state index is 0.197. The lowest BCUT2D eigenvalue weighted by molar-refractivity contribution is -0.127. The molecule has 1 fully saturated rings. The summed E-state index contributed by atoms with van der Waals surface area (Å²) in [6, 6.07) is 17.8. The summed E-state index contributed by atoms with van der Waals surface area (Å²) in [7, 11) is 1.61. The number of ether oxygens (including phenoxy) is 1. The number of methoxy groups -OCH3 is 1. The molecule has 3 rings (SSSR count). The van der Waals surface area contributed by atoms with Crippen molar-refractivity contribution in [2.45, 2.75) is 12.8 Å². The van der Waals surface area contributed by atoms with E-state index in [1.54, 1.807) is 7.11 Å². The van der Waals surface area contributed by atoms with Gasteiger partial charge in [0.05, 0.1) is 12.8 Å². The number of nitrogens with one attached hydrogen (secondary N) is 1. The molecule has 27 heavy (non-hydrogen) atoms. The Bertz CT molecular complexity index is 792. The van der Waals surface area contributed by atoms with Crippen LogP contribution >= 0.6 is 0 Å². The molecule has 6 nitrogen and oxygen atoms in total. The summed E-state index contributed by atoms with van der Waals surface area (Å²) in [5, 5.41) is 3.06. The highest BCUT2D eigenvalue weighted by Gasteiger charge is 2.28. The van der Waals surface area contributed by atoms with Crippen LogP contribution in [0, 0.1) is 5.92 Å². The Hall–Kier alpha value is -3.02. The van der Waals surface area contributed by atoms with Crippen molar-refractivity contribution in [3.63, 3.8) is 0 Å². The molecule has 142 valence electrons. The predicted molar refractivity (Wildman–Crippen MR) is 108 cm³/mol. The summed E-state index contributed by atoms with van der Waals surface area (Å²) < 4.78 is 5.29. The quantitative estimate of drug-likeness (QED) is 0.583. The number of nitrogens with zero attached hydrogens (tertiary/aromatic N) is 2. The molecule has 0 bridgehead atoms. The highest BCUT2D eigenvalue weighted by atomic mass is 16.5. The number of carbonyl (C=O) groups excluding carboxylic acids is 1. The van der Waals surface area contributed by atoms with Crippen LogP contribution in [0.1, 0.15) is 12.0 Å². The van der Waals surface area contributed by atoms with Crippen molar-refractivity contribution in [2.24, 2.45) is 16.6 Å². The molecule has 2 aromatic rings. The second-order valence-electron chi connectivity index (χ2n) is 6.70. The molecule has 1 aliphatic rings. The summed E-state index contributed by atoms with van der Waals surface area (Å²) in [6.45, 7) is 2.01. The van der Waals surface area contributed by atoms with E-state index >= 15 is 0 Å². The number of aliphatic imine (C=N–C) groups is 1. The number of nitrogens with two attached hydrogens (primary N) is 1. The molecule has 1 saturated heterocycles. The predicted octanol–water partition coefficient (Wildman–Crippen LogP) is 2.51. The molecule has 1 amide bonds. The highest BCUT2D eigenvalue weighted by molar-refractivity contribution is 5.93. The summed E-state index contributed by atoms with van der Waals surface area (Å²) in [5.74, 6) is 1.43. The lowest BCUT2D eigenvalue weighted by atomic mass is 10.1. The number of benzene rings is 2. The fraction of sp³-hybridized carbons (Fsp3) is 0.333. The van der Waals surface area contributed by atoms with Gasteiger partial charge in [0.2, 0.25) is 5.91 Å². The zero-order chi connectivity index (χ0) is 19.1. The Kier molecular flexibility index (Phi) is 6.30. The average molecular weight is 366 g/mol. The topological polar surface area (TPSA) is 80.0 Å². The molecular formula is C21H26N4O2. The molecular weight excluding hydrogens is 340 g/mol. The van der Waals surface area contributed by atoms with Gasteiger partial charge in [-0.1, -0.05) is 42.5 Å². The van der Waals surface area contributed by atoms with E-state index in [-0.39, 0.29) is 11.8 Å². The fourth-order valence-electron chi connectivity index (χ4n) is 3.25. The molecule has 2 aromatic carbocycles. The molecule has 3 N–H and O–H groups in total. The molecule has 1 unspecified atom stereocenters. The monoisotopic (exact) mass is 366 g/mol. The third-order valence-electron chi connectivity index (χ3n) is 4.70. The molecule has 0 aliphatic carbocycles. The van der Waals surface area contributed by atoms with E-state index < -0.39 is 0 Å². The Morgan fingerprint density at radius 2 is 1.96 bits per heavy atom. The van der Waals surface area contributed by atoms with Gasteiger partial charge < -0.3 is 20.7 Å². The standard InChI is InChI=1S/C21H26N4O2/c1-27-19-10-6-5-9-18(19)24-21(22)23-14-17-13-20(26)25(15-17)12-11-16-7-3-2-4-8-16/h2-10,17H,11-15H2,1H3,(H3,22,23,24). The number of likely N-dealkylation sites (tertiary alicyclic amines) is 1. The first-order chi connectivity index (χ1) is 13.2. The van der Waals surface area contributed by atoms with E-state index in [9.17, 15) is 4.79 Å². The van der Waals surface area contributed by atoms with Crippen LogP contribution in [0.4, 0.5) is 5.69 Å². The van der Waals surface area contributed by atoms with Gasteiger partial charge in [-0.15, -0.1) is 0 Å². The van der Waals surface area contributed by atoms with Gasteiger partial charge in [0.15, 0.2) is 5.96 Å². The van der Waals surface area contributed by atoms with Gasteiger partial charge in [-0.05, 0) is 24.1 Å². The van der Waals surface area contributed by atoms with Gasteiger partial charge >= 0.3 is 0 Å². The smallest absolute Gasteiger partial charge is 0.223 e. The van der Waals surface area contributed by atoms with Crippen LogP contribution in [0.5, 0.6) is 5.75 Å². The van der Waals surface area contributed by atoms with Crippen LogP contribution in [0.15, 0.2) is 59.6 Å². The maximum atomic E-state index is 12.2.